The molecule has 1 aromatic heterocycles. The number of aromatic nitrogens is 1. The SMILES string of the molecule is Fc1ccc(N=Cc2ccc3c(ccn3Cc3cccc(F)c3)c2)cc1. The third kappa shape index (κ3) is 3.54. The van der Waals surface area contributed by atoms with Crippen LogP contribution in [0.25, 0.3) is 10.9 Å². The number of benzene rings is 3. The molecule has 4 rings (SSSR count). The smallest absolute Gasteiger partial charge is 0.123 e. The average Bonchev–Trinajstić information content (AvgIpc) is 3.03. The summed E-state index contributed by atoms with van der Waals surface area (Å²) in [5, 5.41) is 1.09. The minimum absolute atomic E-state index is 0.224. The van der Waals surface area contributed by atoms with Crippen molar-refractivity contribution in [1.29, 1.82) is 0 Å². The van der Waals surface area contributed by atoms with E-state index >= 15 is 0 Å². The van der Waals surface area contributed by atoms with E-state index in [4.69, 9.17) is 0 Å². The molecule has 4 aromatic rings. The van der Waals surface area contributed by atoms with Gasteiger partial charge in [0.25, 0.3) is 0 Å². The standard InChI is InChI=1S/C22H16F2N2/c23-19-5-7-21(8-6-19)25-14-16-4-9-22-18(12-16)10-11-26(22)15-17-2-1-3-20(24)13-17/h1-14H,15H2. The lowest BCUT2D eigenvalue weighted by atomic mass is 10.1. The van der Waals surface area contributed by atoms with Gasteiger partial charge in [-0.1, -0.05) is 18.2 Å². The summed E-state index contributed by atoms with van der Waals surface area (Å²) in [5.41, 5.74) is 3.66. The van der Waals surface area contributed by atoms with E-state index in [2.05, 4.69) is 9.56 Å². The van der Waals surface area contributed by atoms with E-state index in [-0.39, 0.29) is 11.6 Å². The van der Waals surface area contributed by atoms with Gasteiger partial charge in [-0.15, -0.1) is 0 Å². The number of rotatable bonds is 4. The van der Waals surface area contributed by atoms with Gasteiger partial charge in [-0.05, 0) is 65.7 Å². The zero-order chi connectivity index (χ0) is 17.9. The average molecular weight is 346 g/mol. The Labute approximate surface area is 150 Å². The number of aliphatic imine (C=N–C) groups is 1. The molecule has 0 fully saturated rings. The van der Waals surface area contributed by atoms with Gasteiger partial charge < -0.3 is 4.57 Å². The maximum Gasteiger partial charge on any atom is 0.123 e. The lowest BCUT2D eigenvalue weighted by Gasteiger charge is -2.06. The molecular formula is C22H16F2N2. The van der Waals surface area contributed by atoms with Crippen LogP contribution in [0, 0.1) is 11.6 Å². The van der Waals surface area contributed by atoms with Crippen LogP contribution >= 0.6 is 0 Å². The Bertz CT molecular complexity index is 1080. The van der Waals surface area contributed by atoms with E-state index < -0.39 is 0 Å². The maximum atomic E-state index is 13.4. The van der Waals surface area contributed by atoms with Crippen molar-refractivity contribution in [3.8, 4) is 0 Å². The molecule has 0 radical (unpaired) electrons. The molecule has 0 saturated carbocycles. The Hall–Kier alpha value is -3.27. The van der Waals surface area contributed by atoms with Crippen LogP contribution in [-0.4, -0.2) is 10.8 Å². The second kappa shape index (κ2) is 6.92. The van der Waals surface area contributed by atoms with Gasteiger partial charge in [0.05, 0.1) is 5.69 Å². The summed E-state index contributed by atoms with van der Waals surface area (Å²) in [6, 6.07) is 20.8. The summed E-state index contributed by atoms with van der Waals surface area (Å²) >= 11 is 0. The molecule has 0 saturated heterocycles. The van der Waals surface area contributed by atoms with E-state index in [1.165, 1.54) is 18.2 Å². The third-order valence-corrected chi connectivity index (χ3v) is 4.23. The summed E-state index contributed by atoms with van der Waals surface area (Å²) in [6.45, 7) is 0.615. The topological polar surface area (TPSA) is 17.3 Å². The molecule has 4 heteroatoms. The van der Waals surface area contributed by atoms with E-state index in [0.717, 1.165) is 22.0 Å². The molecule has 0 bridgehead atoms. The van der Waals surface area contributed by atoms with Gasteiger partial charge >= 0.3 is 0 Å². The Morgan fingerprint density at radius 1 is 0.846 bits per heavy atom. The van der Waals surface area contributed by atoms with Crippen molar-refractivity contribution in [2.75, 3.05) is 0 Å². The van der Waals surface area contributed by atoms with E-state index in [0.29, 0.717) is 12.2 Å². The van der Waals surface area contributed by atoms with Crippen molar-refractivity contribution in [2.24, 2.45) is 4.99 Å². The van der Waals surface area contributed by atoms with Crippen molar-refractivity contribution >= 4 is 22.8 Å². The first-order valence-corrected chi connectivity index (χ1v) is 8.30. The van der Waals surface area contributed by atoms with Gasteiger partial charge in [0.1, 0.15) is 11.6 Å². The minimum atomic E-state index is -0.273. The highest BCUT2D eigenvalue weighted by Gasteiger charge is 2.03. The zero-order valence-electron chi connectivity index (χ0n) is 13.9. The van der Waals surface area contributed by atoms with Gasteiger partial charge in [0, 0.05) is 29.9 Å². The number of hydrogen-bond acceptors (Lipinski definition) is 1. The fraction of sp³-hybridized carbons (Fsp3) is 0.0455. The van der Waals surface area contributed by atoms with Crippen molar-refractivity contribution in [2.45, 2.75) is 6.54 Å². The maximum absolute atomic E-state index is 13.4. The molecule has 3 aromatic carbocycles. The first kappa shape index (κ1) is 16.2. The quantitative estimate of drug-likeness (QED) is 0.421. The molecule has 0 amide bonds. The molecule has 0 unspecified atom stereocenters. The normalized spacial score (nSPS) is 11.5. The Balaban J connectivity index is 1.58. The van der Waals surface area contributed by atoms with Gasteiger partial charge in [0.2, 0.25) is 0 Å². The van der Waals surface area contributed by atoms with Crippen LogP contribution in [0.15, 0.2) is 84.0 Å². The van der Waals surface area contributed by atoms with Crippen LogP contribution in [-0.2, 0) is 6.54 Å². The Morgan fingerprint density at radius 3 is 2.50 bits per heavy atom. The molecule has 0 aliphatic heterocycles. The van der Waals surface area contributed by atoms with Crippen molar-refractivity contribution in [1.82, 2.24) is 4.57 Å². The zero-order valence-corrected chi connectivity index (χ0v) is 13.9. The summed E-state index contributed by atoms with van der Waals surface area (Å²) in [6.07, 6.45) is 3.76. The third-order valence-electron chi connectivity index (χ3n) is 4.23. The highest BCUT2D eigenvalue weighted by Crippen LogP contribution is 2.20. The fourth-order valence-electron chi connectivity index (χ4n) is 2.95. The summed E-state index contributed by atoms with van der Waals surface area (Å²) in [7, 11) is 0. The fourth-order valence-corrected chi connectivity index (χ4v) is 2.95. The highest BCUT2D eigenvalue weighted by molar-refractivity contribution is 5.90. The van der Waals surface area contributed by atoms with E-state index in [9.17, 15) is 8.78 Å². The number of hydrogen-bond donors (Lipinski definition) is 0. The van der Waals surface area contributed by atoms with Crippen LogP contribution < -0.4 is 0 Å². The predicted octanol–water partition coefficient (Wildman–Crippen LogP) is 5.72. The second-order valence-electron chi connectivity index (χ2n) is 6.13. The molecule has 2 nitrogen and oxygen atoms in total. The van der Waals surface area contributed by atoms with Gasteiger partial charge in [-0.3, -0.25) is 4.99 Å². The summed E-state index contributed by atoms with van der Waals surface area (Å²) in [4.78, 5) is 4.37. The lowest BCUT2D eigenvalue weighted by Crippen LogP contribution is -1.98. The highest BCUT2D eigenvalue weighted by atomic mass is 19.1. The van der Waals surface area contributed by atoms with Crippen molar-refractivity contribution in [3.05, 3.63) is 102 Å². The van der Waals surface area contributed by atoms with Crippen LogP contribution in [0.1, 0.15) is 11.1 Å². The lowest BCUT2D eigenvalue weighted by molar-refractivity contribution is 0.624. The molecule has 0 N–H and O–H groups in total. The van der Waals surface area contributed by atoms with Crippen molar-refractivity contribution < 1.29 is 8.78 Å². The van der Waals surface area contributed by atoms with Crippen LogP contribution in [0.3, 0.4) is 0 Å². The van der Waals surface area contributed by atoms with Crippen molar-refractivity contribution in [3.63, 3.8) is 0 Å². The van der Waals surface area contributed by atoms with Gasteiger partial charge in [-0.2, -0.15) is 0 Å². The first-order chi connectivity index (χ1) is 12.7. The summed E-state index contributed by atoms with van der Waals surface area (Å²) < 4.78 is 28.4. The van der Waals surface area contributed by atoms with Gasteiger partial charge in [0.15, 0.2) is 0 Å². The van der Waals surface area contributed by atoms with Gasteiger partial charge in [-0.25, -0.2) is 8.78 Å². The molecule has 0 spiro atoms. The number of fused-ring (bicyclic) bond motifs is 1. The van der Waals surface area contributed by atoms with Crippen LogP contribution in [0.4, 0.5) is 14.5 Å². The number of nitrogens with zero attached hydrogens (tertiary/aromatic N) is 2. The molecule has 26 heavy (non-hydrogen) atoms. The minimum Gasteiger partial charge on any atom is -0.343 e. The predicted molar refractivity (Wildman–Crippen MR) is 101 cm³/mol. The molecule has 0 aliphatic rings. The number of halogens is 2. The molecule has 1 heterocycles. The monoisotopic (exact) mass is 346 g/mol. The summed E-state index contributed by atoms with van der Waals surface area (Å²) in [5.74, 6) is -0.497. The largest absolute Gasteiger partial charge is 0.343 e. The second-order valence-corrected chi connectivity index (χ2v) is 6.13. The van der Waals surface area contributed by atoms with E-state index in [1.807, 2.05) is 36.5 Å². The molecule has 128 valence electrons. The van der Waals surface area contributed by atoms with Crippen LogP contribution in [0.2, 0.25) is 0 Å². The molecular weight excluding hydrogens is 330 g/mol. The molecule has 0 aliphatic carbocycles. The van der Waals surface area contributed by atoms with Crippen LogP contribution in [0.5, 0.6) is 0 Å². The Morgan fingerprint density at radius 2 is 1.69 bits per heavy atom. The Kier molecular flexibility index (Phi) is 4.32. The first-order valence-electron chi connectivity index (χ1n) is 8.30. The van der Waals surface area contributed by atoms with E-state index in [1.54, 1.807) is 30.5 Å². The molecule has 0 atom stereocenters.